The highest BCUT2D eigenvalue weighted by molar-refractivity contribution is 7.38. The van der Waals surface area contributed by atoms with Crippen LogP contribution in [0.15, 0.2) is 24.3 Å². The monoisotopic (exact) mass is 258 g/mol. The summed E-state index contributed by atoms with van der Waals surface area (Å²) in [5.74, 6) is -0.225. The number of nitrogens with one attached hydrogen (secondary N) is 2. The molecule has 0 aliphatic rings. The summed E-state index contributed by atoms with van der Waals surface area (Å²) in [5.41, 5.74) is 13.6. The van der Waals surface area contributed by atoms with E-state index in [1.54, 1.807) is 31.4 Å². The van der Waals surface area contributed by atoms with Crippen molar-refractivity contribution in [2.24, 2.45) is 11.5 Å². The van der Waals surface area contributed by atoms with E-state index < -0.39 is 13.8 Å². The molecule has 7 N–H and O–H groups in total. The Hall–Kier alpha value is -1.85. The molecule has 0 amide bonds. The molecule has 0 aliphatic carbocycles. The van der Waals surface area contributed by atoms with Gasteiger partial charge in [0.25, 0.3) is 0 Å². The molecule has 8 heteroatoms. The molecule has 0 aliphatic heterocycles. The number of hydrogen-bond acceptors (Lipinski definition) is 3. The van der Waals surface area contributed by atoms with E-state index in [0.29, 0.717) is 11.3 Å². The van der Waals surface area contributed by atoms with Gasteiger partial charge in [-0.3, -0.25) is 11.5 Å². The van der Waals surface area contributed by atoms with Gasteiger partial charge in [0.15, 0.2) is 0 Å². The summed E-state index contributed by atoms with van der Waals surface area (Å²) in [4.78, 5) is 9.19. The van der Waals surface area contributed by atoms with Crippen LogP contribution in [0.1, 0.15) is 11.3 Å². The van der Waals surface area contributed by atoms with Gasteiger partial charge in [-0.05, 0) is 28.8 Å². The van der Waals surface area contributed by atoms with E-state index in [9.17, 15) is 9.46 Å². The smallest absolute Gasteiger partial charge is 0.497 e. The highest BCUT2D eigenvalue weighted by Crippen LogP contribution is 2.34. The Morgan fingerprint density at radius 3 is 2.47 bits per heavy atom. The number of rotatable bonds is 5. The molecule has 0 fully saturated rings. The fraction of sp³-hybridized carbons (Fsp3) is 0.222. The van der Waals surface area contributed by atoms with Gasteiger partial charge in [-0.25, -0.2) is 5.43 Å². The predicted octanol–water partition coefficient (Wildman–Crippen LogP) is -1.71. The molecule has 1 rings (SSSR count). The van der Waals surface area contributed by atoms with Crippen molar-refractivity contribution in [3.8, 4) is 5.75 Å². The number of hydrazone groups is 1. The number of hydrazine groups is 1. The third-order valence-corrected chi connectivity index (χ3v) is 2.87. The minimum absolute atomic E-state index is 0.0830. The summed E-state index contributed by atoms with van der Waals surface area (Å²) < 4.78 is 16.2. The van der Waals surface area contributed by atoms with Crippen LogP contribution in [-0.4, -0.2) is 18.0 Å². The minimum atomic E-state index is -2.47. The first kappa shape index (κ1) is 13.2. The van der Waals surface area contributed by atoms with Crippen LogP contribution in [0.3, 0.4) is 0 Å². The largest absolute Gasteiger partial charge is 0.538 e. The van der Waals surface area contributed by atoms with Gasteiger partial charge < -0.3 is 4.74 Å². The summed E-state index contributed by atoms with van der Waals surface area (Å²) in [6.07, 6.45) is 0. The van der Waals surface area contributed by atoms with Gasteiger partial charge in [-0.15, -0.1) is 0 Å². The number of ether oxygens (including phenoxy) is 1. The Bertz CT molecular complexity index is 417. The SMILES string of the molecule is COc1ccc([C@@H](N[NH+]=C(N)N)[P+](=O)O)cc1. The Morgan fingerprint density at radius 2 is 2.06 bits per heavy atom. The van der Waals surface area contributed by atoms with E-state index >= 15 is 0 Å². The fourth-order valence-corrected chi connectivity index (χ4v) is 1.81. The second kappa shape index (κ2) is 6.03. The molecule has 0 spiro atoms. The van der Waals surface area contributed by atoms with E-state index in [0.717, 1.165) is 0 Å². The molecule has 2 atom stereocenters. The molecule has 1 unspecified atom stereocenters. The van der Waals surface area contributed by atoms with Gasteiger partial charge in [0.05, 0.1) is 7.11 Å². The van der Waals surface area contributed by atoms with Gasteiger partial charge in [0.2, 0.25) is 0 Å². The van der Waals surface area contributed by atoms with Gasteiger partial charge in [-0.1, -0.05) is 0 Å². The number of hydrogen-bond donors (Lipinski definition) is 5. The third-order valence-electron chi connectivity index (χ3n) is 2.01. The lowest BCUT2D eigenvalue weighted by Crippen LogP contribution is -2.86. The standard InChI is InChI=1S/C9H13N4O3P/c1-16-7-4-2-6(3-5-7)8(17(14)15)12-13-9(10)11/h2-5,8,12H,1H3,(H4-,10,11,13,14,15)/p+2/t8-/m0/s1. The topological polar surface area (TPSA) is 125 Å². The Morgan fingerprint density at radius 1 is 1.47 bits per heavy atom. The molecule has 1 aromatic carbocycles. The van der Waals surface area contributed by atoms with E-state index in [-0.39, 0.29) is 5.96 Å². The van der Waals surface area contributed by atoms with Crippen LogP contribution in [-0.2, 0) is 4.57 Å². The first-order chi connectivity index (χ1) is 8.04. The normalized spacial score (nSPS) is 12.5. The van der Waals surface area contributed by atoms with Gasteiger partial charge in [0.1, 0.15) is 5.75 Å². The van der Waals surface area contributed by atoms with Crippen molar-refractivity contribution in [3.05, 3.63) is 29.8 Å². The van der Waals surface area contributed by atoms with Gasteiger partial charge in [-0.2, -0.15) is 9.99 Å². The van der Waals surface area contributed by atoms with Crippen molar-refractivity contribution in [1.29, 1.82) is 0 Å². The first-order valence-corrected chi connectivity index (χ1v) is 6.01. The van der Waals surface area contributed by atoms with Gasteiger partial charge >= 0.3 is 19.8 Å². The predicted molar refractivity (Wildman–Crippen MR) is 63.0 cm³/mol. The summed E-state index contributed by atoms with van der Waals surface area (Å²) >= 11 is 0. The van der Waals surface area contributed by atoms with Crippen molar-refractivity contribution in [1.82, 2.24) is 5.43 Å². The summed E-state index contributed by atoms with van der Waals surface area (Å²) in [6, 6.07) is 6.74. The Kier molecular flexibility index (Phi) is 4.68. The lowest BCUT2D eigenvalue weighted by atomic mass is 10.2. The third kappa shape index (κ3) is 3.90. The summed E-state index contributed by atoms with van der Waals surface area (Å²) in [5, 5.41) is 2.40. The zero-order valence-electron chi connectivity index (χ0n) is 9.25. The molecule has 0 radical (unpaired) electrons. The summed E-state index contributed by atoms with van der Waals surface area (Å²) in [6.45, 7) is 0. The second-order valence-electron chi connectivity index (χ2n) is 3.20. The van der Waals surface area contributed by atoms with Crippen molar-refractivity contribution in [2.75, 3.05) is 7.11 Å². The molecule has 92 valence electrons. The number of benzene rings is 1. The molecule has 0 saturated carbocycles. The lowest BCUT2D eigenvalue weighted by molar-refractivity contribution is -0.532. The van der Waals surface area contributed by atoms with Crippen molar-refractivity contribution < 1.29 is 19.3 Å². The number of nitrogens with two attached hydrogens (primary N) is 2. The van der Waals surface area contributed by atoms with E-state index in [1.807, 2.05) is 0 Å². The maximum Gasteiger partial charge on any atom is 0.538 e. The first-order valence-electron chi connectivity index (χ1n) is 4.73. The van der Waals surface area contributed by atoms with E-state index in [1.165, 1.54) is 0 Å². The van der Waals surface area contributed by atoms with Crippen LogP contribution in [0.4, 0.5) is 0 Å². The highest BCUT2D eigenvalue weighted by Gasteiger charge is 2.31. The zero-order chi connectivity index (χ0) is 12.8. The molecular formula is C9H15N4O3P+2. The van der Waals surface area contributed by atoms with Crippen LogP contribution in [0.5, 0.6) is 5.75 Å². The molecule has 1 aromatic rings. The second-order valence-corrected chi connectivity index (χ2v) is 4.32. The van der Waals surface area contributed by atoms with Crippen molar-refractivity contribution >= 4 is 14.0 Å². The molecule has 7 nitrogen and oxygen atoms in total. The van der Waals surface area contributed by atoms with Crippen LogP contribution >= 0.6 is 8.03 Å². The average Bonchev–Trinajstić information content (AvgIpc) is 2.29. The molecule has 0 aromatic heterocycles. The maximum absolute atomic E-state index is 11.2. The lowest BCUT2D eigenvalue weighted by Gasteiger charge is -2.05. The zero-order valence-corrected chi connectivity index (χ0v) is 10.1. The van der Waals surface area contributed by atoms with E-state index in [2.05, 4.69) is 10.5 Å². The van der Waals surface area contributed by atoms with Crippen LogP contribution in [0.25, 0.3) is 0 Å². The Balaban J connectivity index is 2.89. The minimum Gasteiger partial charge on any atom is -0.497 e. The molecular weight excluding hydrogens is 243 g/mol. The van der Waals surface area contributed by atoms with Crippen molar-refractivity contribution in [2.45, 2.75) is 5.78 Å². The fourth-order valence-electron chi connectivity index (χ4n) is 1.20. The highest BCUT2D eigenvalue weighted by atomic mass is 31.1. The quantitative estimate of drug-likeness (QED) is 0.185. The van der Waals surface area contributed by atoms with Crippen molar-refractivity contribution in [3.63, 3.8) is 0 Å². The van der Waals surface area contributed by atoms with Crippen LogP contribution in [0.2, 0.25) is 0 Å². The number of methoxy groups -OCH3 is 1. The average molecular weight is 258 g/mol. The number of guanidine groups is 1. The molecule has 17 heavy (non-hydrogen) atoms. The van der Waals surface area contributed by atoms with Crippen LogP contribution < -0.4 is 26.7 Å². The summed E-state index contributed by atoms with van der Waals surface area (Å²) in [7, 11) is -0.929. The maximum atomic E-state index is 11.2. The molecule has 0 heterocycles. The van der Waals surface area contributed by atoms with Crippen LogP contribution in [0, 0.1) is 0 Å². The van der Waals surface area contributed by atoms with E-state index in [4.69, 9.17) is 16.2 Å². The Labute approximate surface area is 99.3 Å². The molecule has 0 bridgehead atoms. The molecule has 0 saturated heterocycles. The van der Waals surface area contributed by atoms with Gasteiger partial charge in [0, 0.05) is 5.56 Å².